The van der Waals surface area contributed by atoms with Gasteiger partial charge in [-0.15, -0.1) is 4.90 Å². The van der Waals surface area contributed by atoms with Crippen molar-refractivity contribution in [1.82, 2.24) is 4.90 Å². The minimum atomic E-state index is -7.58. The number of ether oxygens (including phenoxy) is 1. The third-order valence-corrected chi connectivity index (χ3v) is 2.87. The van der Waals surface area contributed by atoms with Gasteiger partial charge < -0.3 is 9.90 Å². The predicted molar refractivity (Wildman–Crippen MR) is 42.6 cm³/mol. The first-order valence-corrected chi connectivity index (χ1v) is 5.38. The minimum absolute atomic E-state index is 0. The smallest absolute Gasteiger partial charge is 0.543 e. The van der Waals surface area contributed by atoms with E-state index in [1.54, 1.807) is 4.74 Å². The zero-order chi connectivity index (χ0) is 21.4. The monoisotopic (exact) mass is 463 g/mol. The van der Waals surface area contributed by atoms with E-state index in [2.05, 4.69) is 0 Å². The molecule has 1 aliphatic rings. The van der Waals surface area contributed by atoms with Crippen LogP contribution in [0.4, 0.5) is 61.5 Å². The fourth-order valence-corrected chi connectivity index (χ4v) is 1.68. The van der Waals surface area contributed by atoms with Crippen molar-refractivity contribution >= 4 is 5.97 Å². The normalized spacial score (nSPS) is 31.9. The molecule has 4 nitrogen and oxygen atoms in total. The summed E-state index contributed by atoms with van der Waals surface area (Å²) in [6, 6.07) is -22.3. The molecule has 2 unspecified atom stereocenters. The first-order valence-electron chi connectivity index (χ1n) is 5.38. The molecule has 0 N–H and O–H groups in total. The van der Waals surface area contributed by atoms with Crippen LogP contribution in [0.15, 0.2) is 0 Å². The Morgan fingerprint density at radius 1 is 0.741 bits per heavy atom. The molecule has 2 atom stereocenters. The molecule has 0 aromatic rings. The molecule has 0 radical (unpaired) electrons. The molecule has 1 saturated heterocycles. The first kappa shape index (κ1) is 27.0. The standard InChI is InChI=1S/C8HF14NO3.K/c9-2(10,1(24)25)23-7(19,20)3(11,5(13,14)15)26-4(12,6(16,17)18)8(23,21)22;/h(H,24,25);/q;+1/p-1. The van der Waals surface area contributed by atoms with Crippen molar-refractivity contribution in [3.63, 3.8) is 0 Å². The third kappa shape index (κ3) is 3.45. The maximum atomic E-state index is 13.5. The van der Waals surface area contributed by atoms with Gasteiger partial charge in [0.25, 0.3) is 0 Å². The van der Waals surface area contributed by atoms with Crippen LogP contribution < -0.4 is 56.5 Å². The summed E-state index contributed by atoms with van der Waals surface area (Å²) in [7, 11) is 0. The van der Waals surface area contributed by atoms with E-state index in [1.165, 1.54) is 0 Å². The van der Waals surface area contributed by atoms with Crippen molar-refractivity contribution in [3.8, 4) is 0 Å². The number of hydrogen-bond acceptors (Lipinski definition) is 4. The fraction of sp³-hybridized carbons (Fsp3) is 0.875. The van der Waals surface area contributed by atoms with Crippen molar-refractivity contribution in [3.05, 3.63) is 0 Å². The second-order valence-electron chi connectivity index (χ2n) is 4.53. The number of carbonyl (C=O) groups excluding carboxylic acids is 1. The number of alkyl halides is 14. The third-order valence-electron chi connectivity index (χ3n) is 2.87. The first-order chi connectivity index (χ1) is 11.0. The van der Waals surface area contributed by atoms with Crippen LogP contribution in [0.3, 0.4) is 0 Å². The number of aliphatic carboxylic acids is 1. The molecule has 0 aromatic carbocycles. The molecule has 154 valence electrons. The summed E-state index contributed by atoms with van der Waals surface area (Å²) < 4.78 is 183. The topological polar surface area (TPSA) is 52.6 Å². The summed E-state index contributed by atoms with van der Waals surface area (Å²) in [6.45, 7) is 0. The Labute approximate surface area is 179 Å². The molecule has 0 aliphatic carbocycles. The average Bonchev–Trinajstić information content (AvgIpc) is 2.32. The molecular formula is C8F14KNO3. The Hall–Kier alpha value is 0.0464. The number of carboxylic acids is 1. The van der Waals surface area contributed by atoms with Gasteiger partial charge in [-0.2, -0.15) is 61.5 Å². The second kappa shape index (κ2) is 6.79. The molecule has 0 bridgehead atoms. The molecule has 1 fully saturated rings. The van der Waals surface area contributed by atoms with Gasteiger partial charge in [-0.05, 0) is 0 Å². The summed E-state index contributed by atoms with van der Waals surface area (Å²) in [5.41, 5.74) is 0. The van der Waals surface area contributed by atoms with Gasteiger partial charge in [-0.1, -0.05) is 0 Å². The van der Waals surface area contributed by atoms with Crippen LogP contribution in [0.5, 0.6) is 0 Å². The Kier molecular flexibility index (Phi) is 6.80. The maximum absolute atomic E-state index is 13.5. The van der Waals surface area contributed by atoms with Crippen LogP contribution in [0.25, 0.3) is 0 Å². The van der Waals surface area contributed by atoms with E-state index >= 15 is 0 Å². The summed E-state index contributed by atoms with van der Waals surface area (Å²) in [6.07, 6.45) is -15.1. The van der Waals surface area contributed by atoms with Gasteiger partial charge in [0.1, 0.15) is 5.97 Å². The van der Waals surface area contributed by atoms with Crippen LogP contribution >= 0.6 is 0 Å². The van der Waals surface area contributed by atoms with Gasteiger partial charge in [0.15, 0.2) is 0 Å². The van der Waals surface area contributed by atoms with E-state index < -0.39 is 53.1 Å². The van der Waals surface area contributed by atoms with Crippen molar-refractivity contribution in [1.29, 1.82) is 0 Å². The molecule has 27 heavy (non-hydrogen) atoms. The molecule has 0 aromatic heterocycles. The largest absolute Gasteiger partial charge is 1.00 e. The molecule has 1 rings (SSSR count). The Bertz CT molecular complexity index is 566. The predicted octanol–water partition coefficient (Wildman–Crippen LogP) is -0.693. The van der Waals surface area contributed by atoms with Crippen LogP contribution in [0.2, 0.25) is 0 Å². The Morgan fingerprint density at radius 3 is 1.19 bits per heavy atom. The quantitative estimate of drug-likeness (QED) is 0.309. The Morgan fingerprint density at radius 2 is 1.00 bits per heavy atom. The zero-order valence-electron chi connectivity index (χ0n) is 12.0. The van der Waals surface area contributed by atoms with Crippen molar-refractivity contribution in [2.45, 2.75) is 42.2 Å². The van der Waals surface area contributed by atoms with E-state index in [1.807, 2.05) is 0 Å². The molecular weight excluding hydrogens is 463 g/mol. The molecule has 1 heterocycles. The van der Waals surface area contributed by atoms with Crippen molar-refractivity contribution < 1.29 is 127 Å². The maximum Gasteiger partial charge on any atom is 1.00 e. The SMILES string of the molecule is O=C([O-])C(F)(F)N1C(F)(F)C(F)(C(F)(F)F)OC(F)(C(F)(F)F)C1(F)F.[K+]. The summed E-state index contributed by atoms with van der Waals surface area (Å²) in [4.78, 5) is 5.95. The van der Waals surface area contributed by atoms with E-state index in [0.717, 1.165) is 0 Å². The number of morpholine rings is 1. The van der Waals surface area contributed by atoms with Crippen LogP contribution in [-0.2, 0) is 9.53 Å². The van der Waals surface area contributed by atoms with Crippen LogP contribution in [0, 0.1) is 0 Å². The van der Waals surface area contributed by atoms with Crippen molar-refractivity contribution in [2.75, 3.05) is 0 Å². The van der Waals surface area contributed by atoms with Gasteiger partial charge in [-0.25, -0.2) is 0 Å². The zero-order valence-corrected chi connectivity index (χ0v) is 15.1. The average molecular weight is 463 g/mol. The minimum Gasteiger partial charge on any atom is -0.543 e. The summed E-state index contributed by atoms with van der Waals surface area (Å²) >= 11 is 0. The van der Waals surface area contributed by atoms with E-state index in [9.17, 15) is 71.4 Å². The number of rotatable bonds is 2. The molecule has 19 heteroatoms. The van der Waals surface area contributed by atoms with Crippen molar-refractivity contribution in [2.24, 2.45) is 0 Å². The van der Waals surface area contributed by atoms with Gasteiger partial charge in [0.2, 0.25) is 0 Å². The molecule has 0 amide bonds. The van der Waals surface area contributed by atoms with E-state index in [4.69, 9.17) is 0 Å². The number of carbonyl (C=O) groups is 1. The van der Waals surface area contributed by atoms with E-state index in [0.29, 0.717) is 0 Å². The second-order valence-corrected chi connectivity index (χ2v) is 4.53. The summed E-state index contributed by atoms with van der Waals surface area (Å²) in [5, 5.41) is 10.00. The van der Waals surface area contributed by atoms with E-state index in [-0.39, 0.29) is 51.4 Å². The van der Waals surface area contributed by atoms with Gasteiger partial charge in [0, 0.05) is 0 Å². The van der Waals surface area contributed by atoms with Crippen LogP contribution in [0.1, 0.15) is 0 Å². The summed E-state index contributed by atoms with van der Waals surface area (Å²) in [5.74, 6) is -19.4. The van der Waals surface area contributed by atoms with Gasteiger partial charge in [-0.3, -0.25) is 4.74 Å². The number of hydrogen-bond donors (Lipinski definition) is 0. The fourth-order valence-electron chi connectivity index (χ4n) is 1.68. The number of carboxylic acid groups (broad SMARTS) is 1. The number of halogens is 14. The molecule has 1 aliphatic heterocycles. The Balaban J connectivity index is 0.00000676. The van der Waals surface area contributed by atoms with Crippen LogP contribution in [-0.4, -0.2) is 53.1 Å². The van der Waals surface area contributed by atoms with Gasteiger partial charge >= 0.3 is 93.6 Å². The molecule has 0 spiro atoms. The number of nitrogens with zero attached hydrogens (tertiary/aromatic N) is 1. The molecule has 0 saturated carbocycles. The van der Waals surface area contributed by atoms with Gasteiger partial charge in [0.05, 0.1) is 0 Å².